The van der Waals surface area contributed by atoms with Crippen molar-refractivity contribution in [1.82, 2.24) is 9.88 Å². The average molecular weight is 360 g/mol. The molecular weight excluding hydrogens is 336 g/mol. The zero-order valence-corrected chi connectivity index (χ0v) is 15.4. The molecule has 0 N–H and O–H groups in total. The van der Waals surface area contributed by atoms with Crippen molar-refractivity contribution in [2.24, 2.45) is 0 Å². The fourth-order valence-corrected chi connectivity index (χ4v) is 4.67. The minimum Gasteiger partial charge on any atom is -0.440 e. The number of hydrogen-bond acceptors (Lipinski definition) is 3. The van der Waals surface area contributed by atoms with E-state index < -0.39 is 0 Å². The number of hydrogen-bond donors (Lipinski definition) is 0. The Kier molecular flexibility index (Phi) is 4.19. The molecule has 3 aromatic rings. The number of para-hydroxylation sites is 2. The van der Waals surface area contributed by atoms with Crippen LogP contribution in [0.2, 0.25) is 0 Å². The molecular formula is C23H24N2O2. The largest absolute Gasteiger partial charge is 0.440 e. The monoisotopic (exact) mass is 360 g/mol. The standard InChI is InChI=1S/C23H24N2O2/c26-23(19-11-5-8-16-7-1-2-10-18(16)19)25-14-6-9-17(15-25)22-24-20-12-3-4-13-21(20)27-22/h1-4,7,10,12-13,17,19H,5-6,8-9,11,14-15H2/t17-,19-/m0/s1. The van der Waals surface area contributed by atoms with Gasteiger partial charge < -0.3 is 9.32 Å². The van der Waals surface area contributed by atoms with Gasteiger partial charge in [-0.2, -0.15) is 0 Å². The van der Waals surface area contributed by atoms with Crippen molar-refractivity contribution in [1.29, 1.82) is 0 Å². The quantitative estimate of drug-likeness (QED) is 0.668. The van der Waals surface area contributed by atoms with Gasteiger partial charge in [0.15, 0.2) is 11.5 Å². The number of amides is 1. The predicted molar refractivity (Wildman–Crippen MR) is 105 cm³/mol. The first-order chi connectivity index (χ1) is 13.3. The first kappa shape index (κ1) is 16.5. The summed E-state index contributed by atoms with van der Waals surface area (Å²) in [6.07, 6.45) is 5.17. The highest BCUT2D eigenvalue weighted by atomic mass is 16.3. The number of aromatic nitrogens is 1. The summed E-state index contributed by atoms with van der Waals surface area (Å²) in [7, 11) is 0. The maximum atomic E-state index is 13.3. The molecule has 0 unspecified atom stereocenters. The number of piperidine rings is 1. The molecule has 2 atom stereocenters. The lowest BCUT2D eigenvalue weighted by atomic mass is 9.81. The van der Waals surface area contributed by atoms with E-state index in [0.29, 0.717) is 6.54 Å². The van der Waals surface area contributed by atoms with Crippen molar-refractivity contribution in [3.05, 3.63) is 65.5 Å². The van der Waals surface area contributed by atoms with Crippen LogP contribution in [0.3, 0.4) is 0 Å². The van der Waals surface area contributed by atoms with Gasteiger partial charge in [-0.1, -0.05) is 36.4 Å². The summed E-state index contributed by atoms with van der Waals surface area (Å²) in [6.45, 7) is 1.55. The van der Waals surface area contributed by atoms with Gasteiger partial charge in [0.1, 0.15) is 5.52 Å². The van der Waals surface area contributed by atoms with Gasteiger partial charge in [-0.25, -0.2) is 4.98 Å². The van der Waals surface area contributed by atoms with Crippen LogP contribution >= 0.6 is 0 Å². The summed E-state index contributed by atoms with van der Waals surface area (Å²) < 4.78 is 5.99. The van der Waals surface area contributed by atoms with Gasteiger partial charge in [-0.15, -0.1) is 0 Å². The van der Waals surface area contributed by atoms with Gasteiger partial charge in [-0.05, 0) is 55.4 Å². The molecule has 138 valence electrons. The van der Waals surface area contributed by atoms with E-state index in [2.05, 4.69) is 34.1 Å². The smallest absolute Gasteiger partial charge is 0.230 e. The molecule has 0 radical (unpaired) electrons. The highest BCUT2D eigenvalue weighted by Gasteiger charge is 2.34. The van der Waals surface area contributed by atoms with Crippen LogP contribution < -0.4 is 0 Å². The summed E-state index contributed by atoms with van der Waals surface area (Å²) in [6, 6.07) is 16.3. The Morgan fingerprint density at radius 1 is 1.04 bits per heavy atom. The Balaban J connectivity index is 1.37. The highest BCUT2D eigenvalue weighted by Crippen LogP contribution is 2.35. The number of carbonyl (C=O) groups is 1. The molecule has 1 aliphatic carbocycles. The lowest BCUT2D eigenvalue weighted by molar-refractivity contribution is -0.134. The zero-order valence-electron chi connectivity index (χ0n) is 15.4. The first-order valence-electron chi connectivity index (χ1n) is 10.0. The molecule has 4 heteroatoms. The van der Waals surface area contributed by atoms with Gasteiger partial charge in [0.05, 0.1) is 11.8 Å². The predicted octanol–water partition coefficient (Wildman–Crippen LogP) is 4.65. The molecule has 0 spiro atoms. The van der Waals surface area contributed by atoms with Crippen LogP contribution in [0.4, 0.5) is 0 Å². The Morgan fingerprint density at radius 3 is 2.81 bits per heavy atom. The molecule has 27 heavy (non-hydrogen) atoms. The molecule has 2 aliphatic rings. The van der Waals surface area contributed by atoms with Gasteiger partial charge in [0, 0.05) is 13.1 Å². The van der Waals surface area contributed by atoms with Crippen molar-refractivity contribution in [3.63, 3.8) is 0 Å². The van der Waals surface area contributed by atoms with Crippen molar-refractivity contribution in [3.8, 4) is 0 Å². The maximum absolute atomic E-state index is 13.3. The number of oxazole rings is 1. The van der Waals surface area contributed by atoms with Crippen LogP contribution in [0, 0.1) is 0 Å². The number of likely N-dealkylation sites (tertiary alicyclic amines) is 1. The first-order valence-corrected chi connectivity index (χ1v) is 10.0. The van der Waals surface area contributed by atoms with E-state index in [0.717, 1.165) is 55.6 Å². The molecule has 1 aromatic heterocycles. The van der Waals surface area contributed by atoms with Gasteiger partial charge in [0.25, 0.3) is 0 Å². The Bertz CT molecular complexity index is 944. The van der Waals surface area contributed by atoms with Crippen LogP contribution in [0.25, 0.3) is 11.1 Å². The number of rotatable bonds is 2. The molecule has 1 amide bonds. The normalized spacial score (nSPS) is 22.6. The summed E-state index contributed by atoms with van der Waals surface area (Å²) in [4.78, 5) is 20.1. The van der Waals surface area contributed by atoms with Crippen molar-refractivity contribution in [2.45, 2.75) is 43.9 Å². The summed E-state index contributed by atoms with van der Waals surface area (Å²) in [5, 5.41) is 0. The van der Waals surface area contributed by atoms with Crippen molar-refractivity contribution >= 4 is 17.0 Å². The zero-order chi connectivity index (χ0) is 18.2. The number of benzene rings is 2. The topological polar surface area (TPSA) is 46.3 Å². The SMILES string of the molecule is O=C([C@H]1CCCc2ccccc21)N1CCC[C@H](c2nc3ccccc3o2)C1. The van der Waals surface area contributed by atoms with Crippen LogP contribution in [0.5, 0.6) is 0 Å². The van der Waals surface area contributed by atoms with Crippen molar-refractivity contribution in [2.75, 3.05) is 13.1 Å². The van der Waals surface area contributed by atoms with Gasteiger partial charge >= 0.3 is 0 Å². The number of aryl methyl sites for hydroxylation is 1. The Labute approximate surface area is 159 Å². The molecule has 5 rings (SSSR count). The van der Waals surface area contributed by atoms with Gasteiger partial charge in [0.2, 0.25) is 5.91 Å². The van der Waals surface area contributed by atoms with E-state index in [-0.39, 0.29) is 17.7 Å². The third kappa shape index (κ3) is 3.03. The third-order valence-corrected chi connectivity index (χ3v) is 6.06. The molecule has 2 heterocycles. The minimum atomic E-state index is 0.0114. The molecule has 0 saturated carbocycles. The fourth-order valence-electron chi connectivity index (χ4n) is 4.67. The van der Waals surface area contributed by atoms with E-state index in [9.17, 15) is 4.79 Å². The minimum absolute atomic E-state index is 0.0114. The lowest BCUT2D eigenvalue weighted by Crippen LogP contribution is -2.42. The van der Waals surface area contributed by atoms with Gasteiger partial charge in [-0.3, -0.25) is 4.79 Å². The van der Waals surface area contributed by atoms with E-state index in [1.54, 1.807) is 0 Å². The third-order valence-electron chi connectivity index (χ3n) is 6.06. The number of fused-ring (bicyclic) bond motifs is 2. The average Bonchev–Trinajstić information content (AvgIpc) is 3.17. The number of carbonyl (C=O) groups excluding carboxylic acids is 1. The second-order valence-electron chi connectivity index (χ2n) is 7.79. The molecule has 2 aromatic carbocycles. The Hall–Kier alpha value is -2.62. The van der Waals surface area contributed by atoms with Crippen LogP contribution in [-0.2, 0) is 11.2 Å². The summed E-state index contributed by atoms with van der Waals surface area (Å²) in [5.41, 5.74) is 4.31. The van der Waals surface area contributed by atoms with Crippen LogP contribution in [-0.4, -0.2) is 28.9 Å². The summed E-state index contributed by atoms with van der Waals surface area (Å²) in [5.74, 6) is 1.26. The van der Waals surface area contributed by atoms with Crippen LogP contribution in [0.15, 0.2) is 52.9 Å². The second kappa shape index (κ2) is 6.84. The fraction of sp³-hybridized carbons (Fsp3) is 0.391. The van der Waals surface area contributed by atoms with Crippen LogP contribution in [0.1, 0.15) is 54.5 Å². The van der Waals surface area contributed by atoms with Crippen molar-refractivity contribution < 1.29 is 9.21 Å². The number of nitrogens with zero attached hydrogens (tertiary/aromatic N) is 2. The van der Waals surface area contributed by atoms with E-state index >= 15 is 0 Å². The molecule has 1 aliphatic heterocycles. The highest BCUT2D eigenvalue weighted by molar-refractivity contribution is 5.84. The Morgan fingerprint density at radius 2 is 1.89 bits per heavy atom. The van der Waals surface area contributed by atoms with E-state index in [1.807, 2.05) is 24.3 Å². The van der Waals surface area contributed by atoms with E-state index in [4.69, 9.17) is 4.42 Å². The molecule has 0 bridgehead atoms. The summed E-state index contributed by atoms with van der Waals surface area (Å²) >= 11 is 0. The maximum Gasteiger partial charge on any atom is 0.230 e. The molecule has 1 fully saturated rings. The lowest BCUT2D eigenvalue weighted by Gasteiger charge is -2.35. The second-order valence-corrected chi connectivity index (χ2v) is 7.79. The molecule has 1 saturated heterocycles. The van der Waals surface area contributed by atoms with E-state index in [1.165, 1.54) is 11.1 Å². The molecule has 4 nitrogen and oxygen atoms in total.